The highest BCUT2D eigenvalue weighted by Gasteiger charge is 2.09. The number of nitrogen functional groups attached to an aromatic ring is 1. The second kappa shape index (κ2) is 8.41. The van der Waals surface area contributed by atoms with Crippen molar-refractivity contribution in [3.05, 3.63) is 76.8 Å². The highest BCUT2D eigenvalue weighted by Crippen LogP contribution is 2.29. The maximum Gasteiger partial charge on any atom is 0.313 e. The molecule has 154 valence electrons. The predicted octanol–water partition coefficient (Wildman–Crippen LogP) is 4.93. The van der Waals surface area contributed by atoms with E-state index in [0.717, 1.165) is 39.9 Å². The summed E-state index contributed by atoms with van der Waals surface area (Å²) in [6.45, 7) is 0. The first-order valence-corrected chi connectivity index (χ1v) is 9.65. The van der Waals surface area contributed by atoms with Crippen molar-refractivity contribution in [1.29, 1.82) is 0 Å². The molecule has 2 N–H and O–H groups in total. The Hall–Kier alpha value is -3.97. The van der Waals surface area contributed by atoms with E-state index in [1.165, 1.54) is 0 Å². The molecule has 0 amide bonds. The van der Waals surface area contributed by atoms with Crippen molar-refractivity contribution in [3.8, 4) is 11.5 Å². The van der Waals surface area contributed by atoms with Gasteiger partial charge in [-0.3, -0.25) is 9.59 Å². The zero-order valence-electron chi connectivity index (χ0n) is 16.4. The van der Waals surface area contributed by atoms with Crippen molar-refractivity contribution >= 4 is 52.0 Å². The lowest BCUT2D eigenvalue weighted by atomic mass is 10.1. The summed E-state index contributed by atoms with van der Waals surface area (Å²) in [5, 5.41) is 9.94. The standard InChI is InChI=1S/C15H11NO2.C8H6ClN3O/c1-16-14-4-2-10(8-17)6-12(14)13-7-11(9-18)3-5-15(13)16;9-6-3-1-5(2-4-6)7-11-12-8(10)13-7/h2-9H,1H3;1-4H,(H2,10,12). The molecule has 0 saturated carbocycles. The van der Waals surface area contributed by atoms with Gasteiger partial charge in [0.15, 0.2) is 0 Å². The molecular formula is C23H17ClN4O3. The third-order valence-corrected chi connectivity index (χ3v) is 5.11. The van der Waals surface area contributed by atoms with Crippen LogP contribution in [0.1, 0.15) is 20.7 Å². The fourth-order valence-corrected chi connectivity index (χ4v) is 3.47. The number of carbonyl (C=O) groups is 2. The van der Waals surface area contributed by atoms with Gasteiger partial charge in [-0.1, -0.05) is 16.7 Å². The summed E-state index contributed by atoms with van der Waals surface area (Å²) < 4.78 is 7.09. The number of rotatable bonds is 3. The van der Waals surface area contributed by atoms with Crippen molar-refractivity contribution < 1.29 is 14.0 Å². The molecule has 5 rings (SSSR count). The van der Waals surface area contributed by atoms with Gasteiger partial charge in [-0.05, 0) is 60.7 Å². The minimum atomic E-state index is 0.0601. The second-order valence-corrected chi connectivity index (χ2v) is 7.24. The number of benzene rings is 3. The number of anilines is 1. The second-order valence-electron chi connectivity index (χ2n) is 6.80. The lowest BCUT2D eigenvalue weighted by Crippen LogP contribution is -1.87. The molecule has 7 nitrogen and oxygen atoms in total. The first-order valence-electron chi connectivity index (χ1n) is 9.27. The zero-order chi connectivity index (χ0) is 22.0. The van der Waals surface area contributed by atoms with E-state index in [1.54, 1.807) is 36.4 Å². The van der Waals surface area contributed by atoms with Gasteiger partial charge in [0.25, 0.3) is 0 Å². The predicted molar refractivity (Wildman–Crippen MR) is 120 cm³/mol. The van der Waals surface area contributed by atoms with Crippen LogP contribution >= 0.6 is 11.6 Å². The van der Waals surface area contributed by atoms with E-state index >= 15 is 0 Å². The molecule has 0 bridgehead atoms. The molecule has 5 aromatic rings. The van der Waals surface area contributed by atoms with Crippen molar-refractivity contribution in [1.82, 2.24) is 14.8 Å². The van der Waals surface area contributed by atoms with Crippen LogP contribution in [0.3, 0.4) is 0 Å². The summed E-state index contributed by atoms with van der Waals surface area (Å²) in [4.78, 5) is 21.7. The third kappa shape index (κ3) is 4.04. The van der Waals surface area contributed by atoms with Gasteiger partial charge in [0.05, 0.1) is 0 Å². The van der Waals surface area contributed by atoms with E-state index in [0.29, 0.717) is 22.0 Å². The number of halogens is 1. The molecule has 0 fully saturated rings. The molecule has 0 aliphatic heterocycles. The highest BCUT2D eigenvalue weighted by molar-refractivity contribution is 6.30. The van der Waals surface area contributed by atoms with E-state index in [9.17, 15) is 9.59 Å². The molecule has 3 aromatic carbocycles. The molecule has 0 spiro atoms. The van der Waals surface area contributed by atoms with Gasteiger partial charge >= 0.3 is 6.01 Å². The molecular weight excluding hydrogens is 416 g/mol. The largest absolute Gasteiger partial charge is 0.404 e. The fourth-order valence-electron chi connectivity index (χ4n) is 3.34. The normalized spacial score (nSPS) is 10.6. The van der Waals surface area contributed by atoms with Gasteiger partial charge in [0.1, 0.15) is 12.6 Å². The first kappa shape index (κ1) is 20.3. The Morgan fingerprint density at radius 1 is 0.871 bits per heavy atom. The van der Waals surface area contributed by atoms with Crippen molar-refractivity contribution in [2.45, 2.75) is 0 Å². The number of nitrogens with two attached hydrogens (primary N) is 1. The molecule has 0 radical (unpaired) electrons. The van der Waals surface area contributed by atoms with Gasteiger partial charge in [0.2, 0.25) is 5.89 Å². The molecule has 0 aliphatic carbocycles. The number of carbonyl (C=O) groups excluding carboxylic acids is 2. The smallest absolute Gasteiger partial charge is 0.313 e. The van der Waals surface area contributed by atoms with Gasteiger partial charge < -0.3 is 14.7 Å². The van der Waals surface area contributed by atoms with Crippen LogP contribution in [-0.4, -0.2) is 27.3 Å². The Kier molecular flexibility index (Phi) is 5.51. The number of hydrogen-bond donors (Lipinski definition) is 1. The summed E-state index contributed by atoms with van der Waals surface area (Å²) in [6.07, 6.45) is 1.67. The fraction of sp³-hybridized carbons (Fsp3) is 0.0435. The molecule has 8 heteroatoms. The molecule has 0 unspecified atom stereocenters. The molecule has 0 atom stereocenters. The topological polar surface area (TPSA) is 104 Å². The summed E-state index contributed by atoms with van der Waals surface area (Å²) >= 11 is 5.71. The van der Waals surface area contributed by atoms with E-state index < -0.39 is 0 Å². The van der Waals surface area contributed by atoms with Crippen molar-refractivity contribution in [2.75, 3.05) is 5.73 Å². The van der Waals surface area contributed by atoms with E-state index in [1.807, 2.05) is 31.3 Å². The van der Waals surface area contributed by atoms with Crippen LogP contribution in [0.4, 0.5) is 6.01 Å². The molecule has 0 aliphatic rings. The Morgan fingerprint density at radius 2 is 1.42 bits per heavy atom. The number of aryl methyl sites for hydroxylation is 1. The van der Waals surface area contributed by atoms with Crippen molar-refractivity contribution in [3.63, 3.8) is 0 Å². The molecule has 2 aromatic heterocycles. The Morgan fingerprint density at radius 3 is 1.87 bits per heavy atom. The van der Waals surface area contributed by atoms with Gasteiger partial charge in [-0.2, -0.15) is 0 Å². The average Bonchev–Trinajstić information content (AvgIpc) is 3.35. The summed E-state index contributed by atoms with van der Waals surface area (Å²) in [7, 11) is 1.98. The van der Waals surface area contributed by atoms with Gasteiger partial charge in [-0.25, -0.2) is 0 Å². The van der Waals surface area contributed by atoms with E-state index in [2.05, 4.69) is 14.8 Å². The lowest BCUT2D eigenvalue weighted by Gasteiger charge is -1.97. The number of aromatic nitrogens is 3. The zero-order valence-corrected chi connectivity index (χ0v) is 17.2. The van der Waals surface area contributed by atoms with Gasteiger partial charge in [0, 0.05) is 50.6 Å². The quantitative estimate of drug-likeness (QED) is 0.405. The molecule has 31 heavy (non-hydrogen) atoms. The van der Waals surface area contributed by atoms with Crippen LogP contribution in [0.15, 0.2) is 65.1 Å². The number of fused-ring (bicyclic) bond motifs is 3. The Bertz CT molecular complexity index is 1340. The summed E-state index contributed by atoms with van der Waals surface area (Å²) in [5.74, 6) is 0.397. The van der Waals surface area contributed by atoms with E-state index in [-0.39, 0.29) is 6.01 Å². The SMILES string of the molecule is Cn1c2ccc(C=O)cc2c2cc(C=O)ccc21.Nc1nnc(-c2ccc(Cl)cc2)o1. The highest BCUT2D eigenvalue weighted by atomic mass is 35.5. The minimum absolute atomic E-state index is 0.0601. The first-order chi connectivity index (χ1) is 15.0. The van der Waals surface area contributed by atoms with E-state index in [4.69, 9.17) is 21.8 Å². The average molecular weight is 433 g/mol. The monoisotopic (exact) mass is 432 g/mol. The van der Waals surface area contributed by atoms with Crippen LogP contribution in [0.5, 0.6) is 0 Å². The minimum Gasteiger partial charge on any atom is -0.404 e. The Labute approximate surface area is 182 Å². The summed E-state index contributed by atoms with van der Waals surface area (Å²) in [6, 6.07) is 18.3. The number of hydrogen-bond acceptors (Lipinski definition) is 6. The van der Waals surface area contributed by atoms with Crippen molar-refractivity contribution in [2.24, 2.45) is 7.05 Å². The molecule has 2 heterocycles. The van der Waals surface area contributed by atoms with Crippen LogP contribution in [-0.2, 0) is 7.05 Å². The maximum atomic E-state index is 10.9. The summed E-state index contributed by atoms with van der Waals surface area (Å²) in [5.41, 5.74) is 9.48. The number of nitrogens with zero attached hydrogens (tertiary/aromatic N) is 3. The van der Waals surface area contributed by atoms with Crippen LogP contribution in [0, 0.1) is 0 Å². The van der Waals surface area contributed by atoms with Gasteiger partial charge in [-0.15, -0.1) is 5.10 Å². The number of aldehydes is 2. The third-order valence-electron chi connectivity index (χ3n) is 4.86. The van der Waals surface area contributed by atoms with Crippen LogP contribution in [0.25, 0.3) is 33.3 Å². The van der Waals surface area contributed by atoms with Crippen LogP contribution < -0.4 is 5.73 Å². The molecule has 0 saturated heterocycles. The van der Waals surface area contributed by atoms with Crippen LogP contribution in [0.2, 0.25) is 5.02 Å². The maximum absolute atomic E-state index is 10.9. The Balaban J connectivity index is 0.000000158. The lowest BCUT2D eigenvalue weighted by molar-refractivity contribution is 0.111.